The second-order valence-electron chi connectivity index (χ2n) is 4.56. The minimum atomic E-state index is 0.583. The highest BCUT2D eigenvalue weighted by atomic mass is 16.1. The van der Waals surface area contributed by atoms with Crippen molar-refractivity contribution in [3.05, 3.63) is 71.9 Å². The number of anilines is 1. The lowest BCUT2D eigenvalue weighted by atomic mass is 10.1. The van der Waals surface area contributed by atoms with Gasteiger partial charge in [0.1, 0.15) is 0 Å². The summed E-state index contributed by atoms with van der Waals surface area (Å²) in [5.74, 6) is 0. The van der Waals surface area contributed by atoms with Gasteiger partial charge in [-0.15, -0.1) is 0 Å². The van der Waals surface area contributed by atoms with E-state index in [0.717, 1.165) is 22.9 Å². The number of hydrogen-bond donors (Lipinski definition) is 1. The fraction of sp³-hybridized carbons (Fsp3) is 0.0588. The highest BCUT2D eigenvalue weighted by Gasteiger charge is 2.07. The SMILES string of the molecule is O=Cc1cnc2ccccc2c1NCc1ccccc1. The second kappa shape index (κ2) is 5.53. The molecule has 1 heterocycles. The van der Waals surface area contributed by atoms with Crippen LogP contribution in [0, 0.1) is 0 Å². The largest absolute Gasteiger partial charge is 0.380 e. The summed E-state index contributed by atoms with van der Waals surface area (Å²) in [7, 11) is 0. The Kier molecular flexibility index (Phi) is 3.42. The van der Waals surface area contributed by atoms with Gasteiger partial charge in [-0.25, -0.2) is 0 Å². The Morgan fingerprint density at radius 2 is 1.75 bits per heavy atom. The number of pyridine rings is 1. The van der Waals surface area contributed by atoms with Gasteiger partial charge < -0.3 is 5.32 Å². The number of para-hydroxylation sites is 1. The monoisotopic (exact) mass is 262 g/mol. The van der Waals surface area contributed by atoms with E-state index >= 15 is 0 Å². The highest BCUT2D eigenvalue weighted by Crippen LogP contribution is 2.25. The van der Waals surface area contributed by atoms with Crippen molar-refractivity contribution in [2.24, 2.45) is 0 Å². The number of nitrogens with one attached hydrogen (secondary N) is 1. The maximum absolute atomic E-state index is 11.2. The molecule has 0 saturated carbocycles. The third-order valence-electron chi connectivity index (χ3n) is 3.24. The minimum Gasteiger partial charge on any atom is -0.380 e. The predicted octanol–water partition coefficient (Wildman–Crippen LogP) is 3.66. The fourth-order valence-electron chi connectivity index (χ4n) is 2.23. The average Bonchev–Trinajstić information content (AvgIpc) is 2.53. The Labute approximate surface area is 117 Å². The number of fused-ring (bicyclic) bond motifs is 1. The molecule has 0 fully saturated rings. The molecule has 0 saturated heterocycles. The summed E-state index contributed by atoms with van der Waals surface area (Å²) >= 11 is 0. The Bertz CT molecular complexity index is 738. The molecule has 0 unspecified atom stereocenters. The van der Waals surface area contributed by atoms with Gasteiger partial charge in [0.05, 0.1) is 16.8 Å². The Morgan fingerprint density at radius 1 is 1.00 bits per heavy atom. The van der Waals surface area contributed by atoms with Gasteiger partial charge in [0, 0.05) is 18.1 Å². The molecule has 0 amide bonds. The molecule has 0 aliphatic rings. The van der Waals surface area contributed by atoms with Crippen molar-refractivity contribution in [2.45, 2.75) is 6.54 Å². The molecule has 0 bridgehead atoms. The predicted molar refractivity (Wildman–Crippen MR) is 80.9 cm³/mol. The third kappa shape index (κ3) is 2.38. The van der Waals surface area contributed by atoms with Crippen molar-refractivity contribution < 1.29 is 4.79 Å². The van der Waals surface area contributed by atoms with Crippen molar-refractivity contribution in [1.82, 2.24) is 4.98 Å². The molecular weight excluding hydrogens is 248 g/mol. The summed E-state index contributed by atoms with van der Waals surface area (Å²) in [5.41, 5.74) is 3.48. The molecule has 1 N–H and O–H groups in total. The minimum absolute atomic E-state index is 0.583. The van der Waals surface area contributed by atoms with Crippen LogP contribution in [0.4, 0.5) is 5.69 Å². The van der Waals surface area contributed by atoms with Crippen LogP contribution in [0.3, 0.4) is 0 Å². The summed E-state index contributed by atoms with van der Waals surface area (Å²) in [6.07, 6.45) is 2.45. The number of hydrogen-bond acceptors (Lipinski definition) is 3. The molecule has 0 aliphatic heterocycles. The normalized spacial score (nSPS) is 10.4. The molecular formula is C17H14N2O. The van der Waals surface area contributed by atoms with Gasteiger partial charge in [0.2, 0.25) is 0 Å². The first-order chi connectivity index (χ1) is 9.88. The van der Waals surface area contributed by atoms with Gasteiger partial charge >= 0.3 is 0 Å². The molecule has 2 aromatic carbocycles. The van der Waals surface area contributed by atoms with Gasteiger partial charge in [0.25, 0.3) is 0 Å². The summed E-state index contributed by atoms with van der Waals surface area (Å²) in [6.45, 7) is 0.676. The smallest absolute Gasteiger partial charge is 0.153 e. The third-order valence-corrected chi connectivity index (χ3v) is 3.24. The summed E-state index contributed by atoms with van der Waals surface area (Å²) in [4.78, 5) is 15.5. The molecule has 0 spiro atoms. The lowest BCUT2D eigenvalue weighted by Crippen LogP contribution is -2.03. The Hall–Kier alpha value is -2.68. The molecule has 3 rings (SSSR count). The van der Waals surface area contributed by atoms with Crippen LogP contribution >= 0.6 is 0 Å². The van der Waals surface area contributed by atoms with Gasteiger partial charge in [0.15, 0.2) is 6.29 Å². The van der Waals surface area contributed by atoms with Crippen molar-refractivity contribution in [1.29, 1.82) is 0 Å². The first-order valence-corrected chi connectivity index (χ1v) is 6.49. The molecule has 20 heavy (non-hydrogen) atoms. The molecule has 0 atom stereocenters. The van der Waals surface area contributed by atoms with E-state index in [1.807, 2.05) is 42.5 Å². The maximum Gasteiger partial charge on any atom is 0.153 e. The molecule has 0 radical (unpaired) electrons. The molecule has 3 nitrogen and oxygen atoms in total. The number of aldehydes is 1. The van der Waals surface area contributed by atoms with E-state index in [0.29, 0.717) is 12.1 Å². The van der Waals surface area contributed by atoms with Crippen molar-refractivity contribution in [3.63, 3.8) is 0 Å². The van der Waals surface area contributed by atoms with Gasteiger partial charge in [-0.2, -0.15) is 0 Å². The van der Waals surface area contributed by atoms with Crippen LogP contribution in [-0.2, 0) is 6.54 Å². The van der Waals surface area contributed by atoms with E-state index in [9.17, 15) is 4.79 Å². The summed E-state index contributed by atoms with van der Waals surface area (Å²) < 4.78 is 0. The van der Waals surface area contributed by atoms with Crippen LogP contribution in [0.2, 0.25) is 0 Å². The average molecular weight is 262 g/mol. The van der Waals surface area contributed by atoms with E-state index < -0.39 is 0 Å². The first kappa shape index (κ1) is 12.4. The van der Waals surface area contributed by atoms with Crippen molar-refractivity contribution >= 4 is 22.9 Å². The van der Waals surface area contributed by atoms with E-state index in [2.05, 4.69) is 22.4 Å². The second-order valence-corrected chi connectivity index (χ2v) is 4.56. The number of carbonyl (C=O) groups is 1. The van der Waals surface area contributed by atoms with E-state index in [4.69, 9.17) is 0 Å². The van der Waals surface area contributed by atoms with Crippen LogP contribution in [0.15, 0.2) is 60.8 Å². The van der Waals surface area contributed by atoms with Crippen LogP contribution in [0.25, 0.3) is 10.9 Å². The van der Waals surface area contributed by atoms with Crippen LogP contribution in [0.5, 0.6) is 0 Å². The number of rotatable bonds is 4. The maximum atomic E-state index is 11.2. The number of nitrogens with zero attached hydrogens (tertiary/aromatic N) is 1. The highest BCUT2D eigenvalue weighted by molar-refractivity contribution is 5.99. The van der Waals surface area contributed by atoms with Gasteiger partial charge in [-0.05, 0) is 11.6 Å². The summed E-state index contributed by atoms with van der Waals surface area (Å²) in [6, 6.07) is 17.9. The van der Waals surface area contributed by atoms with E-state index in [-0.39, 0.29) is 0 Å². The van der Waals surface area contributed by atoms with Crippen LogP contribution in [0.1, 0.15) is 15.9 Å². The molecule has 3 aromatic rings. The number of benzene rings is 2. The standard InChI is InChI=1S/C17H14N2O/c20-12-14-11-18-16-9-5-4-8-15(16)17(14)19-10-13-6-2-1-3-7-13/h1-9,11-12H,10H2,(H,18,19). The zero-order chi connectivity index (χ0) is 13.8. The Balaban J connectivity index is 1.98. The topological polar surface area (TPSA) is 42.0 Å². The summed E-state index contributed by atoms with van der Waals surface area (Å²) in [5, 5.41) is 4.32. The Morgan fingerprint density at radius 3 is 2.55 bits per heavy atom. The lowest BCUT2D eigenvalue weighted by molar-refractivity contribution is 0.112. The zero-order valence-electron chi connectivity index (χ0n) is 10.9. The fourth-order valence-corrected chi connectivity index (χ4v) is 2.23. The van der Waals surface area contributed by atoms with Crippen LogP contribution < -0.4 is 5.32 Å². The van der Waals surface area contributed by atoms with E-state index in [1.54, 1.807) is 6.20 Å². The number of carbonyl (C=O) groups excluding carboxylic acids is 1. The zero-order valence-corrected chi connectivity index (χ0v) is 10.9. The van der Waals surface area contributed by atoms with Crippen molar-refractivity contribution in [3.8, 4) is 0 Å². The molecule has 98 valence electrons. The molecule has 1 aromatic heterocycles. The van der Waals surface area contributed by atoms with E-state index in [1.165, 1.54) is 5.56 Å². The van der Waals surface area contributed by atoms with Crippen LogP contribution in [-0.4, -0.2) is 11.3 Å². The first-order valence-electron chi connectivity index (χ1n) is 6.49. The lowest BCUT2D eigenvalue weighted by Gasteiger charge is -2.11. The van der Waals surface area contributed by atoms with Gasteiger partial charge in [-0.1, -0.05) is 48.5 Å². The van der Waals surface area contributed by atoms with Crippen molar-refractivity contribution in [2.75, 3.05) is 5.32 Å². The number of aromatic nitrogens is 1. The molecule has 0 aliphatic carbocycles. The quantitative estimate of drug-likeness (QED) is 0.730. The molecule has 3 heteroatoms. The van der Waals surface area contributed by atoms with Gasteiger partial charge in [-0.3, -0.25) is 9.78 Å².